The number of imidazole rings is 1. The second-order valence-corrected chi connectivity index (χ2v) is 9.52. The number of aliphatic carboxylic acids is 1. The molecule has 3 aromatic carbocycles. The summed E-state index contributed by atoms with van der Waals surface area (Å²) in [5, 5.41) is 9.06. The predicted molar refractivity (Wildman–Crippen MR) is 146 cm³/mol. The topological polar surface area (TPSA) is 98.5 Å². The molecule has 7 nitrogen and oxygen atoms in total. The maximum Gasteiger partial charge on any atom is 0.338 e. The first-order valence-electron chi connectivity index (χ1n) is 12.8. The zero-order valence-corrected chi connectivity index (χ0v) is 21.9. The highest BCUT2D eigenvalue weighted by Gasteiger charge is 2.20. The van der Waals surface area contributed by atoms with Gasteiger partial charge in [-0.1, -0.05) is 62.7 Å². The number of Topliss-reactive ketones (excluding diaryl/α,β-unsaturated/α-hetero) is 1. The number of unbranched alkanes of at least 4 members (excludes halogenated alkanes) is 1. The Hall–Kier alpha value is -4.26. The van der Waals surface area contributed by atoms with Crippen LogP contribution in [0.2, 0.25) is 0 Å². The third-order valence-corrected chi connectivity index (χ3v) is 6.73. The Morgan fingerprint density at radius 3 is 2.45 bits per heavy atom. The molecule has 1 unspecified atom stereocenters. The van der Waals surface area contributed by atoms with Crippen LogP contribution in [0.25, 0.3) is 22.2 Å². The summed E-state index contributed by atoms with van der Waals surface area (Å²) >= 11 is 0. The Morgan fingerprint density at radius 1 is 1.03 bits per heavy atom. The fourth-order valence-corrected chi connectivity index (χ4v) is 4.67. The highest BCUT2D eigenvalue weighted by molar-refractivity contribution is 6.01. The molecule has 0 saturated carbocycles. The fourth-order valence-electron chi connectivity index (χ4n) is 4.67. The van der Waals surface area contributed by atoms with Crippen molar-refractivity contribution >= 4 is 28.8 Å². The summed E-state index contributed by atoms with van der Waals surface area (Å²) in [6.07, 6.45) is 2.64. The molecule has 4 rings (SSSR count). The van der Waals surface area contributed by atoms with Crippen molar-refractivity contribution in [2.45, 2.75) is 46.1 Å². The molecule has 196 valence electrons. The molecule has 1 atom stereocenters. The molecule has 0 aliphatic heterocycles. The summed E-state index contributed by atoms with van der Waals surface area (Å²) < 4.78 is 7.11. The molecule has 1 aromatic heterocycles. The van der Waals surface area contributed by atoms with Gasteiger partial charge in [0.05, 0.1) is 30.1 Å². The van der Waals surface area contributed by atoms with E-state index in [4.69, 9.17) is 14.8 Å². The first-order chi connectivity index (χ1) is 18.3. The van der Waals surface area contributed by atoms with Crippen molar-refractivity contribution in [3.63, 3.8) is 0 Å². The van der Waals surface area contributed by atoms with Crippen LogP contribution in [0.5, 0.6) is 0 Å². The van der Waals surface area contributed by atoms with E-state index < -0.39 is 11.9 Å². The Kier molecular flexibility index (Phi) is 8.36. The molecule has 0 aliphatic carbocycles. The monoisotopic (exact) mass is 512 g/mol. The van der Waals surface area contributed by atoms with Crippen LogP contribution >= 0.6 is 0 Å². The lowest BCUT2D eigenvalue weighted by Crippen LogP contribution is -2.15. The minimum atomic E-state index is -0.988. The van der Waals surface area contributed by atoms with Crippen LogP contribution in [0.1, 0.15) is 65.2 Å². The number of ketones is 1. The molecule has 1 N–H and O–H groups in total. The minimum absolute atomic E-state index is 0.193. The number of carboxylic acid groups (broad SMARTS) is 1. The van der Waals surface area contributed by atoms with Crippen LogP contribution in [0.15, 0.2) is 66.7 Å². The number of methoxy groups -OCH3 is 1. The summed E-state index contributed by atoms with van der Waals surface area (Å²) in [4.78, 5) is 40.9. The van der Waals surface area contributed by atoms with Gasteiger partial charge in [-0.2, -0.15) is 0 Å². The van der Waals surface area contributed by atoms with Crippen molar-refractivity contribution in [2.75, 3.05) is 7.11 Å². The van der Waals surface area contributed by atoms with Crippen LogP contribution in [-0.4, -0.2) is 39.5 Å². The SMILES string of the molecule is CCCCc1nc2cc(C(=O)C(C)CC(=O)O)ccc2n1Cc1ccc(-c2ccccc2C(=O)OC)cc1. The number of carboxylic acids is 1. The summed E-state index contributed by atoms with van der Waals surface area (Å²) in [7, 11) is 1.38. The highest BCUT2D eigenvalue weighted by Crippen LogP contribution is 2.27. The molecule has 0 spiro atoms. The fraction of sp³-hybridized carbons (Fsp3) is 0.290. The van der Waals surface area contributed by atoms with E-state index >= 15 is 0 Å². The number of aromatic nitrogens is 2. The lowest BCUT2D eigenvalue weighted by molar-refractivity contribution is -0.137. The van der Waals surface area contributed by atoms with Gasteiger partial charge in [-0.05, 0) is 47.4 Å². The number of benzene rings is 3. The van der Waals surface area contributed by atoms with Crippen molar-refractivity contribution in [2.24, 2.45) is 5.92 Å². The molecular formula is C31H32N2O5. The summed E-state index contributed by atoms with van der Waals surface area (Å²) in [5.41, 5.74) is 5.48. The van der Waals surface area contributed by atoms with Gasteiger partial charge in [0.1, 0.15) is 5.82 Å². The summed E-state index contributed by atoms with van der Waals surface area (Å²) in [6.45, 7) is 4.38. The van der Waals surface area contributed by atoms with Gasteiger partial charge in [0, 0.05) is 24.4 Å². The summed E-state index contributed by atoms with van der Waals surface area (Å²) in [6, 6.07) is 20.9. The molecule has 0 fully saturated rings. The molecule has 1 heterocycles. The van der Waals surface area contributed by atoms with E-state index in [0.29, 0.717) is 17.7 Å². The third-order valence-electron chi connectivity index (χ3n) is 6.73. The smallest absolute Gasteiger partial charge is 0.338 e. The average Bonchev–Trinajstić information content (AvgIpc) is 3.27. The van der Waals surface area contributed by atoms with Crippen molar-refractivity contribution in [1.29, 1.82) is 0 Å². The molecule has 0 radical (unpaired) electrons. The number of aryl methyl sites for hydroxylation is 1. The lowest BCUT2D eigenvalue weighted by Gasteiger charge is -2.12. The van der Waals surface area contributed by atoms with E-state index in [0.717, 1.165) is 52.8 Å². The van der Waals surface area contributed by atoms with E-state index in [-0.39, 0.29) is 18.2 Å². The van der Waals surface area contributed by atoms with Crippen LogP contribution in [0.4, 0.5) is 0 Å². The average molecular weight is 513 g/mol. The lowest BCUT2D eigenvalue weighted by atomic mass is 9.96. The number of rotatable bonds is 11. The maximum atomic E-state index is 12.8. The van der Waals surface area contributed by atoms with Gasteiger partial charge in [-0.15, -0.1) is 0 Å². The van der Waals surface area contributed by atoms with Crippen molar-refractivity contribution in [3.05, 3.63) is 89.2 Å². The number of ether oxygens (including phenoxy) is 1. The number of nitrogens with zero attached hydrogens (tertiary/aromatic N) is 2. The number of carbonyl (C=O) groups excluding carboxylic acids is 2. The zero-order valence-electron chi connectivity index (χ0n) is 21.9. The molecule has 7 heteroatoms. The van der Waals surface area contributed by atoms with Crippen LogP contribution in [-0.2, 0) is 22.5 Å². The van der Waals surface area contributed by atoms with E-state index in [1.54, 1.807) is 25.1 Å². The molecular weight excluding hydrogens is 480 g/mol. The molecule has 4 aromatic rings. The Morgan fingerprint density at radius 2 is 1.76 bits per heavy atom. The van der Waals surface area contributed by atoms with Crippen LogP contribution in [0, 0.1) is 5.92 Å². The molecule has 0 bridgehead atoms. The van der Waals surface area contributed by atoms with E-state index in [2.05, 4.69) is 11.5 Å². The largest absolute Gasteiger partial charge is 0.481 e. The molecule has 38 heavy (non-hydrogen) atoms. The van der Waals surface area contributed by atoms with Crippen LogP contribution < -0.4 is 0 Å². The van der Waals surface area contributed by atoms with Crippen molar-refractivity contribution in [1.82, 2.24) is 9.55 Å². The number of fused-ring (bicyclic) bond motifs is 1. The van der Waals surface area contributed by atoms with Gasteiger partial charge >= 0.3 is 11.9 Å². The van der Waals surface area contributed by atoms with E-state index in [9.17, 15) is 14.4 Å². The van der Waals surface area contributed by atoms with Crippen LogP contribution in [0.3, 0.4) is 0 Å². The first-order valence-corrected chi connectivity index (χ1v) is 12.8. The van der Waals surface area contributed by atoms with Gasteiger partial charge in [-0.25, -0.2) is 9.78 Å². The first kappa shape index (κ1) is 26.8. The number of esters is 1. The third kappa shape index (κ3) is 5.83. The summed E-state index contributed by atoms with van der Waals surface area (Å²) in [5.74, 6) is -1.20. The Labute approximate surface area is 222 Å². The second kappa shape index (κ2) is 11.9. The molecule has 0 saturated heterocycles. The maximum absolute atomic E-state index is 12.8. The quantitative estimate of drug-likeness (QED) is 0.190. The van der Waals surface area contributed by atoms with Gasteiger partial charge in [0.2, 0.25) is 0 Å². The standard InChI is InChI=1S/C31H32N2O5/c1-4-5-10-28-32-26-18-23(30(36)20(2)17-29(34)35)15-16-27(26)33(28)19-21-11-13-22(14-12-21)24-8-6-7-9-25(24)31(37)38-3/h6-9,11-16,18,20H,4-5,10,17,19H2,1-3H3,(H,34,35). The molecule has 0 amide bonds. The highest BCUT2D eigenvalue weighted by atomic mass is 16.5. The van der Waals surface area contributed by atoms with Crippen molar-refractivity contribution in [3.8, 4) is 11.1 Å². The van der Waals surface area contributed by atoms with Crippen molar-refractivity contribution < 1.29 is 24.2 Å². The number of carbonyl (C=O) groups is 3. The number of hydrogen-bond acceptors (Lipinski definition) is 5. The second-order valence-electron chi connectivity index (χ2n) is 9.52. The zero-order chi connectivity index (χ0) is 27.2. The van der Waals surface area contributed by atoms with E-state index in [1.807, 2.05) is 48.5 Å². The Bertz CT molecular complexity index is 1470. The van der Waals surface area contributed by atoms with Gasteiger partial charge in [0.15, 0.2) is 5.78 Å². The predicted octanol–water partition coefficient (Wildman–Crippen LogP) is 6.17. The normalized spacial score (nSPS) is 11.9. The Balaban J connectivity index is 1.65. The van der Waals surface area contributed by atoms with Gasteiger partial charge < -0.3 is 14.4 Å². The van der Waals surface area contributed by atoms with Gasteiger partial charge in [-0.3, -0.25) is 9.59 Å². The minimum Gasteiger partial charge on any atom is -0.481 e. The van der Waals surface area contributed by atoms with Gasteiger partial charge in [0.25, 0.3) is 0 Å². The van der Waals surface area contributed by atoms with E-state index in [1.165, 1.54) is 7.11 Å². The number of hydrogen-bond donors (Lipinski definition) is 1. The molecule has 0 aliphatic rings.